The molecule has 68 valence electrons. The van der Waals surface area contributed by atoms with Crippen molar-refractivity contribution in [3.63, 3.8) is 0 Å². The monoisotopic (exact) mass is 178 g/mol. The fourth-order valence-electron chi connectivity index (χ4n) is 0.741. The molecule has 4 heteroatoms. The van der Waals surface area contributed by atoms with Crippen molar-refractivity contribution in [1.82, 2.24) is 0 Å². The lowest BCUT2D eigenvalue weighted by Crippen LogP contribution is -1.93. The SMILES string of the molecule is C=CCO/N=[N+](\[O-])c1ccccc1. The fraction of sp³-hybridized carbons (Fsp3) is 0.111. The average Bonchev–Trinajstić information content (AvgIpc) is 2.19. The zero-order chi connectivity index (χ0) is 9.52. The molecule has 0 radical (unpaired) electrons. The lowest BCUT2D eigenvalue weighted by molar-refractivity contribution is -0.477. The van der Waals surface area contributed by atoms with E-state index in [0.29, 0.717) is 10.5 Å². The van der Waals surface area contributed by atoms with Crippen LogP contribution >= 0.6 is 0 Å². The van der Waals surface area contributed by atoms with Crippen molar-refractivity contribution in [1.29, 1.82) is 0 Å². The second-order valence-corrected chi connectivity index (χ2v) is 2.27. The molecule has 0 spiro atoms. The zero-order valence-electron chi connectivity index (χ0n) is 7.09. The van der Waals surface area contributed by atoms with Crippen LogP contribution in [0, 0.1) is 5.21 Å². The summed E-state index contributed by atoms with van der Waals surface area (Å²) in [6, 6.07) is 8.62. The molecule has 0 N–H and O–H groups in total. The minimum Gasteiger partial charge on any atom is -0.592 e. The van der Waals surface area contributed by atoms with Crippen LogP contribution in [0.15, 0.2) is 48.3 Å². The Bertz CT molecular complexity index is 296. The van der Waals surface area contributed by atoms with Gasteiger partial charge >= 0.3 is 0 Å². The highest BCUT2D eigenvalue weighted by molar-refractivity contribution is 5.27. The second-order valence-electron chi connectivity index (χ2n) is 2.27. The van der Waals surface area contributed by atoms with Crippen molar-refractivity contribution in [2.24, 2.45) is 5.28 Å². The molecule has 0 heterocycles. The van der Waals surface area contributed by atoms with E-state index in [-0.39, 0.29) is 6.61 Å². The van der Waals surface area contributed by atoms with E-state index in [1.54, 1.807) is 24.3 Å². The molecule has 0 amide bonds. The topological polar surface area (TPSA) is 47.7 Å². The van der Waals surface area contributed by atoms with Gasteiger partial charge in [0.15, 0.2) is 0 Å². The molecule has 0 saturated carbocycles. The summed E-state index contributed by atoms with van der Waals surface area (Å²) in [5, 5.41) is 14.4. The summed E-state index contributed by atoms with van der Waals surface area (Å²) in [5.41, 5.74) is 0.437. The smallest absolute Gasteiger partial charge is 0.248 e. The molecule has 0 aliphatic carbocycles. The van der Waals surface area contributed by atoms with Crippen LogP contribution in [0.1, 0.15) is 0 Å². The quantitative estimate of drug-likeness (QED) is 0.233. The molecule has 0 aromatic heterocycles. The normalized spacial score (nSPS) is 10.9. The molecule has 0 unspecified atom stereocenters. The molecule has 4 nitrogen and oxygen atoms in total. The van der Waals surface area contributed by atoms with E-state index in [2.05, 4.69) is 16.7 Å². The largest absolute Gasteiger partial charge is 0.592 e. The summed E-state index contributed by atoms with van der Waals surface area (Å²) in [6.07, 6.45) is 1.52. The van der Waals surface area contributed by atoms with Gasteiger partial charge in [-0.1, -0.05) is 30.9 Å². The highest BCUT2D eigenvalue weighted by Gasteiger charge is 1.99. The van der Waals surface area contributed by atoms with Crippen LogP contribution in [0.25, 0.3) is 0 Å². The third-order valence-electron chi connectivity index (χ3n) is 1.30. The second kappa shape index (κ2) is 4.92. The maximum Gasteiger partial charge on any atom is 0.248 e. The first-order valence-corrected chi connectivity index (χ1v) is 3.80. The zero-order valence-corrected chi connectivity index (χ0v) is 7.09. The number of hydrogen-bond donors (Lipinski definition) is 0. The Hall–Kier alpha value is -1.84. The fourth-order valence-corrected chi connectivity index (χ4v) is 0.741. The number of rotatable bonds is 4. The molecule has 0 aliphatic heterocycles. The summed E-state index contributed by atoms with van der Waals surface area (Å²) in [5.74, 6) is 0. The van der Waals surface area contributed by atoms with Gasteiger partial charge in [-0.25, -0.2) is 0 Å². The third kappa shape index (κ3) is 2.94. The molecule has 1 rings (SSSR count). The van der Waals surface area contributed by atoms with Crippen molar-refractivity contribution in [3.05, 3.63) is 48.2 Å². The lowest BCUT2D eigenvalue weighted by Gasteiger charge is -1.97. The Morgan fingerprint density at radius 3 is 2.77 bits per heavy atom. The van der Waals surface area contributed by atoms with E-state index in [0.717, 1.165) is 0 Å². The molecular weight excluding hydrogens is 168 g/mol. The van der Waals surface area contributed by atoms with Gasteiger partial charge in [0.05, 0.1) is 0 Å². The summed E-state index contributed by atoms with van der Waals surface area (Å²) >= 11 is 0. The van der Waals surface area contributed by atoms with E-state index in [1.807, 2.05) is 6.07 Å². The maximum absolute atomic E-state index is 11.1. The molecule has 0 bridgehead atoms. The number of nitrogens with zero attached hydrogens (tertiary/aromatic N) is 2. The summed E-state index contributed by atoms with van der Waals surface area (Å²) in [4.78, 5) is 5.04. The van der Waals surface area contributed by atoms with Gasteiger partial charge in [-0.2, -0.15) is 0 Å². The van der Waals surface area contributed by atoms with Gasteiger partial charge in [0, 0.05) is 12.1 Å². The molecule has 13 heavy (non-hydrogen) atoms. The minimum absolute atomic E-state index is 0.228. The Labute approximate surface area is 76.3 Å². The van der Waals surface area contributed by atoms with Gasteiger partial charge in [-0.3, -0.25) is 0 Å². The Balaban J connectivity index is 2.62. The summed E-state index contributed by atoms with van der Waals surface area (Å²) in [7, 11) is 0. The van der Waals surface area contributed by atoms with E-state index in [9.17, 15) is 5.21 Å². The molecule has 0 fully saturated rings. The third-order valence-corrected chi connectivity index (χ3v) is 1.30. The van der Waals surface area contributed by atoms with Crippen LogP contribution in [0.5, 0.6) is 0 Å². The van der Waals surface area contributed by atoms with Crippen molar-refractivity contribution in [2.75, 3.05) is 6.61 Å². The van der Waals surface area contributed by atoms with E-state index >= 15 is 0 Å². The predicted molar refractivity (Wildman–Crippen MR) is 48.3 cm³/mol. The first-order valence-electron chi connectivity index (χ1n) is 3.80. The number of benzene rings is 1. The first kappa shape index (κ1) is 9.25. The van der Waals surface area contributed by atoms with Gasteiger partial charge < -0.3 is 10.0 Å². The number of para-hydroxylation sites is 1. The van der Waals surface area contributed by atoms with Crippen molar-refractivity contribution in [3.8, 4) is 0 Å². The van der Waals surface area contributed by atoms with Crippen molar-refractivity contribution in [2.45, 2.75) is 0 Å². The predicted octanol–water partition coefficient (Wildman–Crippen LogP) is 2.40. The average molecular weight is 178 g/mol. The van der Waals surface area contributed by atoms with Crippen molar-refractivity contribution >= 4 is 5.69 Å². The van der Waals surface area contributed by atoms with Crippen LogP contribution in [0.2, 0.25) is 0 Å². The molecular formula is C9H10N2O2. The van der Waals surface area contributed by atoms with E-state index in [4.69, 9.17) is 0 Å². The van der Waals surface area contributed by atoms with Crippen LogP contribution < -0.4 is 0 Å². The molecule has 1 aromatic carbocycles. The maximum atomic E-state index is 11.1. The number of hydrogen-bond acceptors (Lipinski definition) is 3. The lowest BCUT2D eigenvalue weighted by atomic mass is 10.3. The Morgan fingerprint density at radius 1 is 1.46 bits per heavy atom. The van der Waals surface area contributed by atoms with E-state index < -0.39 is 0 Å². The van der Waals surface area contributed by atoms with Crippen LogP contribution in [0.4, 0.5) is 5.69 Å². The van der Waals surface area contributed by atoms with E-state index in [1.165, 1.54) is 6.08 Å². The minimum atomic E-state index is 0.228. The van der Waals surface area contributed by atoms with Crippen LogP contribution in [-0.4, -0.2) is 11.5 Å². The molecule has 0 atom stereocenters. The van der Waals surface area contributed by atoms with Gasteiger partial charge in [0.1, 0.15) is 6.61 Å². The summed E-state index contributed by atoms with van der Waals surface area (Å²) in [6.45, 7) is 3.65. The standard InChI is InChI=1S/C9H10N2O2/c1-2-8-13-10-11(12)9-6-4-3-5-7-9/h2-7H,1,8H2/b11-10-. The van der Waals surface area contributed by atoms with Gasteiger partial charge in [-0.15, -0.1) is 0 Å². The molecule has 1 aromatic rings. The molecule has 0 saturated heterocycles. The summed E-state index contributed by atoms with van der Waals surface area (Å²) < 4.78 is 0. The highest BCUT2D eigenvalue weighted by Crippen LogP contribution is 2.09. The van der Waals surface area contributed by atoms with Crippen LogP contribution in [-0.2, 0) is 4.84 Å². The molecule has 0 aliphatic rings. The Kier molecular flexibility index (Phi) is 3.50. The first-order chi connectivity index (χ1) is 6.34. The highest BCUT2D eigenvalue weighted by atomic mass is 16.7. The Morgan fingerprint density at radius 2 is 2.15 bits per heavy atom. The van der Waals surface area contributed by atoms with Gasteiger partial charge in [-0.05, 0) is 4.86 Å². The van der Waals surface area contributed by atoms with Gasteiger partial charge in [0.25, 0.3) is 0 Å². The van der Waals surface area contributed by atoms with Gasteiger partial charge in [0.2, 0.25) is 11.0 Å². The van der Waals surface area contributed by atoms with Crippen molar-refractivity contribution < 1.29 is 9.70 Å². The van der Waals surface area contributed by atoms with Crippen LogP contribution in [0.3, 0.4) is 0 Å².